The third-order valence-corrected chi connectivity index (χ3v) is 5.96. The fourth-order valence-corrected chi connectivity index (χ4v) is 4.28. The van der Waals surface area contributed by atoms with Gasteiger partial charge in [0.15, 0.2) is 0 Å². The maximum Gasteiger partial charge on any atom is 0.307 e. The van der Waals surface area contributed by atoms with Crippen molar-refractivity contribution in [3.05, 3.63) is 57.9 Å². The minimum Gasteiger partial charge on any atom is -0.507 e. The molecular weight excluding hydrogens is 398 g/mol. The molecule has 162 valence electrons. The Morgan fingerprint density at radius 3 is 2.71 bits per heavy atom. The molecule has 2 heterocycles. The molecule has 1 fully saturated rings. The summed E-state index contributed by atoms with van der Waals surface area (Å²) in [6, 6.07) is 8.73. The van der Waals surface area contributed by atoms with Crippen molar-refractivity contribution in [3.8, 4) is 22.6 Å². The molecule has 7 nitrogen and oxygen atoms in total. The van der Waals surface area contributed by atoms with E-state index in [0.29, 0.717) is 58.5 Å². The van der Waals surface area contributed by atoms with Gasteiger partial charge >= 0.3 is 5.97 Å². The third kappa shape index (κ3) is 4.01. The van der Waals surface area contributed by atoms with E-state index in [0.717, 1.165) is 13.0 Å². The number of nitrogens with zero attached hydrogens (tertiary/aromatic N) is 1. The molecular formula is C24H25NO6. The summed E-state index contributed by atoms with van der Waals surface area (Å²) in [4.78, 5) is 26.7. The molecule has 4 rings (SSSR count). The number of fused-ring (bicyclic) bond motifs is 1. The number of phenols is 1. The SMILES string of the molecule is COc1ccc(-c2coc3c(CN4CCCC(C(=O)O)C4)c(O)cc(C)c3c2=O)cc1. The van der Waals surface area contributed by atoms with Crippen LogP contribution in [0.4, 0.5) is 0 Å². The average Bonchev–Trinajstić information content (AvgIpc) is 2.76. The van der Waals surface area contributed by atoms with Crippen LogP contribution in [0, 0.1) is 12.8 Å². The van der Waals surface area contributed by atoms with E-state index < -0.39 is 11.9 Å². The second-order valence-corrected chi connectivity index (χ2v) is 8.01. The first-order chi connectivity index (χ1) is 14.9. The molecule has 2 N–H and O–H groups in total. The molecule has 1 unspecified atom stereocenters. The summed E-state index contributed by atoms with van der Waals surface area (Å²) in [5.41, 5.74) is 2.45. The number of carboxylic acid groups (broad SMARTS) is 1. The topological polar surface area (TPSA) is 100 Å². The van der Waals surface area contributed by atoms with Crippen LogP contribution >= 0.6 is 0 Å². The van der Waals surface area contributed by atoms with Crippen molar-refractivity contribution in [2.24, 2.45) is 5.92 Å². The first-order valence-corrected chi connectivity index (χ1v) is 10.3. The van der Waals surface area contributed by atoms with Gasteiger partial charge < -0.3 is 19.4 Å². The molecule has 7 heteroatoms. The van der Waals surface area contributed by atoms with E-state index in [1.807, 2.05) is 4.90 Å². The van der Waals surface area contributed by atoms with Gasteiger partial charge in [0, 0.05) is 13.1 Å². The van der Waals surface area contributed by atoms with Gasteiger partial charge in [-0.15, -0.1) is 0 Å². The molecule has 1 aromatic heterocycles. The van der Waals surface area contributed by atoms with Gasteiger partial charge in [-0.1, -0.05) is 12.1 Å². The predicted molar refractivity (Wildman–Crippen MR) is 117 cm³/mol. The van der Waals surface area contributed by atoms with Crippen LogP contribution in [-0.2, 0) is 11.3 Å². The maximum atomic E-state index is 13.3. The van der Waals surface area contributed by atoms with Crippen molar-refractivity contribution >= 4 is 16.9 Å². The van der Waals surface area contributed by atoms with Crippen molar-refractivity contribution in [1.29, 1.82) is 0 Å². The van der Waals surface area contributed by atoms with Gasteiger partial charge in [0.25, 0.3) is 0 Å². The zero-order valence-corrected chi connectivity index (χ0v) is 17.6. The van der Waals surface area contributed by atoms with Crippen LogP contribution in [0.3, 0.4) is 0 Å². The first kappa shape index (κ1) is 20.9. The molecule has 3 aromatic rings. The van der Waals surface area contributed by atoms with Crippen LogP contribution < -0.4 is 10.2 Å². The number of aliphatic carboxylic acids is 1. The first-order valence-electron chi connectivity index (χ1n) is 10.3. The van der Waals surface area contributed by atoms with Gasteiger partial charge in [-0.2, -0.15) is 0 Å². The number of carbonyl (C=O) groups is 1. The van der Waals surface area contributed by atoms with E-state index in [-0.39, 0.29) is 11.2 Å². The summed E-state index contributed by atoms with van der Waals surface area (Å²) in [6.07, 6.45) is 2.84. The number of hydrogen-bond donors (Lipinski definition) is 2. The number of rotatable bonds is 5. The van der Waals surface area contributed by atoms with Gasteiger partial charge in [0.1, 0.15) is 23.3 Å². The fraction of sp³-hybridized carbons (Fsp3) is 0.333. The molecule has 2 aromatic carbocycles. The van der Waals surface area contributed by atoms with Crippen molar-refractivity contribution in [2.45, 2.75) is 26.3 Å². The van der Waals surface area contributed by atoms with E-state index in [9.17, 15) is 19.8 Å². The van der Waals surface area contributed by atoms with Crippen molar-refractivity contribution in [1.82, 2.24) is 4.90 Å². The zero-order chi connectivity index (χ0) is 22.1. The fourth-order valence-electron chi connectivity index (χ4n) is 4.28. The lowest BCUT2D eigenvalue weighted by molar-refractivity contribution is -0.143. The molecule has 0 radical (unpaired) electrons. The number of phenolic OH excluding ortho intramolecular Hbond substituents is 1. The number of methoxy groups -OCH3 is 1. The second-order valence-electron chi connectivity index (χ2n) is 8.01. The largest absolute Gasteiger partial charge is 0.507 e. The van der Waals surface area contributed by atoms with Crippen molar-refractivity contribution in [2.75, 3.05) is 20.2 Å². The van der Waals surface area contributed by atoms with E-state index in [1.165, 1.54) is 6.26 Å². The van der Waals surface area contributed by atoms with Crippen LogP contribution in [0.5, 0.6) is 11.5 Å². The summed E-state index contributed by atoms with van der Waals surface area (Å²) < 4.78 is 11.1. The highest BCUT2D eigenvalue weighted by Gasteiger charge is 2.27. The van der Waals surface area contributed by atoms with Crippen molar-refractivity contribution < 1.29 is 24.2 Å². The summed E-state index contributed by atoms with van der Waals surface area (Å²) >= 11 is 0. The van der Waals surface area contributed by atoms with Crippen LogP contribution in [0.1, 0.15) is 24.0 Å². The summed E-state index contributed by atoms with van der Waals surface area (Å²) in [5.74, 6) is -0.499. The Bertz CT molecular complexity index is 1180. The Balaban J connectivity index is 1.76. The van der Waals surface area contributed by atoms with Gasteiger partial charge in [-0.25, -0.2) is 0 Å². The number of ether oxygens (including phenoxy) is 1. The number of aryl methyl sites for hydroxylation is 1. The Hall–Kier alpha value is -3.32. The van der Waals surface area contributed by atoms with Gasteiger partial charge in [-0.3, -0.25) is 14.5 Å². The molecule has 1 saturated heterocycles. The molecule has 0 aliphatic carbocycles. The normalized spacial score (nSPS) is 17.0. The lowest BCUT2D eigenvalue weighted by Crippen LogP contribution is -2.38. The van der Waals surface area contributed by atoms with Gasteiger partial charge in [0.05, 0.1) is 29.5 Å². The number of benzene rings is 2. The van der Waals surface area contributed by atoms with E-state index in [2.05, 4.69) is 0 Å². The Kier molecular flexibility index (Phi) is 5.69. The van der Waals surface area contributed by atoms with Crippen LogP contribution in [0.15, 0.2) is 45.8 Å². The predicted octanol–water partition coefficient (Wildman–Crippen LogP) is 3.78. The highest BCUT2D eigenvalue weighted by Crippen LogP contribution is 2.33. The smallest absolute Gasteiger partial charge is 0.307 e. The highest BCUT2D eigenvalue weighted by molar-refractivity contribution is 5.88. The average molecular weight is 423 g/mol. The summed E-state index contributed by atoms with van der Waals surface area (Å²) in [6.45, 7) is 3.21. The van der Waals surface area contributed by atoms with Crippen LogP contribution in [0.2, 0.25) is 0 Å². The molecule has 1 aliphatic heterocycles. The third-order valence-electron chi connectivity index (χ3n) is 5.96. The van der Waals surface area contributed by atoms with Crippen LogP contribution in [-0.4, -0.2) is 41.3 Å². The zero-order valence-electron chi connectivity index (χ0n) is 17.6. The summed E-state index contributed by atoms with van der Waals surface area (Å²) in [5, 5.41) is 20.4. The second kappa shape index (κ2) is 8.43. The lowest BCUT2D eigenvalue weighted by Gasteiger charge is -2.30. The molecule has 0 spiro atoms. The molecule has 0 bridgehead atoms. The Morgan fingerprint density at radius 1 is 1.29 bits per heavy atom. The molecule has 0 saturated carbocycles. The minimum atomic E-state index is -0.807. The minimum absolute atomic E-state index is 0.0443. The van der Waals surface area contributed by atoms with E-state index >= 15 is 0 Å². The number of aromatic hydroxyl groups is 1. The maximum absolute atomic E-state index is 13.3. The molecule has 0 amide bonds. The number of carboxylic acids is 1. The molecule has 31 heavy (non-hydrogen) atoms. The quantitative estimate of drug-likeness (QED) is 0.644. The highest BCUT2D eigenvalue weighted by atomic mass is 16.5. The van der Waals surface area contributed by atoms with E-state index in [1.54, 1.807) is 44.4 Å². The standard InChI is InChI=1S/C24H25NO6/c1-14-10-20(26)18(12-25-9-3-4-16(11-25)24(28)29)23-21(14)22(27)19(13-31-23)15-5-7-17(30-2)8-6-15/h5-8,10,13,16,26H,3-4,9,11-12H2,1-2H3,(H,28,29). The monoisotopic (exact) mass is 423 g/mol. The number of hydrogen-bond acceptors (Lipinski definition) is 6. The summed E-state index contributed by atoms with van der Waals surface area (Å²) in [7, 11) is 1.58. The molecule has 1 atom stereocenters. The van der Waals surface area contributed by atoms with Gasteiger partial charge in [0.2, 0.25) is 5.43 Å². The van der Waals surface area contributed by atoms with Crippen molar-refractivity contribution in [3.63, 3.8) is 0 Å². The van der Waals surface area contributed by atoms with E-state index in [4.69, 9.17) is 9.15 Å². The van der Waals surface area contributed by atoms with Crippen LogP contribution in [0.25, 0.3) is 22.1 Å². The molecule has 1 aliphatic rings. The Morgan fingerprint density at radius 2 is 2.03 bits per heavy atom. The number of likely N-dealkylation sites (tertiary alicyclic amines) is 1. The number of piperidine rings is 1. The van der Waals surface area contributed by atoms with Gasteiger partial charge in [-0.05, 0) is 55.6 Å². The Labute approximate surface area is 179 Å². The lowest BCUT2D eigenvalue weighted by atomic mass is 9.96.